The summed E-state index contributed by atoms with van der Waals surface area (Å²) < 4.78 is 27.0. The van der Waals surface area contributed by atoms with Gasteiger partial charge in [-0.25, -0.2) is 8.42 Å². The van der Waals surface area contributed by atoms with Crippen molar-refractivity contribution in [1.29, 1.82) is 0 Å². The molecule has 1 aromatic heterocycles. The van der Waals surface area contributed by atoms with Crippen LogP contribution in [0.1, 0.15) is 38.5 Å². The zero-order valence-corrected chi connectivity index (χ0v) is 22.1. The molecule has 0 radical (unpaired) electrons. The fourth-order valence-corrected chi connectivity index (χ4v) is 5.98. The molecule has 28 heavy (non-hydrogen) atoms. The first-order chi connectivity index (χ1) is 13.0. The number of aliphatic imine (C=N–C) groups is 1. The van der Waals surface area contributed by atoms with Gasteiger partial charge in [0.05, 0.1) is 0 Å². The molecule has 164 valence electrons. The Morgan fingerprint density at radius 2 is 1.89 bits per heavy atom. The summed E-state index contributed by atoms with van der Waals surface area (Å²) in [5.41, 5.74) is 0. The molecule has 1 rings (SSSR count). The summed E-state index contributed by atoms with van der Waals surface area (Å²) in [5.74, 6) is 2.01. The zero-order chi connectivity index (χ0) is 20.1. The van der Waals surface area contributed by atoms with Gasteiger partial charge in [0.1, 0.15) is 4.21 Å². The van der Waals surface area contributed by atoms with E-state index < -0.39 is 10.0 Å². The highest BCUT2D eigenvalue weighted by Gasteiger charge is 2.23. The molecule has 0 amide bonds. The lowest BCUT2D eigenvalue weighted by molar-refractivity contribution is 0.447. The van der Waals surface area contributed by atoms with E-state index in [9.17, 15) is 8.42 Å². The number of rotatable bonds is 13. The molecule has 0 aliphatic rings. The number of sulfonamides is 1. The van der Waals surface area contributed by atoms with Crippen molar-refractivity contribution in [2.24, 2.45) is 4.99 Å². The summed E-state index contributed by atoms with van der Waals surface area (Å²) in [6, 6.07) is 3.63. The summed E-state index contributed by atoms with van der Waals surface area (Å²) in [6.45, 7) is 9.13. The fraction of sp³-hybridized carbons (Fsp3) is 0.722. The van der Waals surface area contributed by atoms with E-state index in [0.29, 0.717) is 17.3 Å². The van der Waals surface area contributed by atoms with E-state index in [1.807, 2.05) is 31.7 Å². The van der Waals surface area contributed by atoms with Crippen molar-refractivity contribution in [1.82, 2.24) is 14.9 Å². The van der Waals surface area contributed by atoms with E-state index in [4.69, 9.17) is 0 Å². The van der Waals surface area contributed by atoms with E-state index in [0.717, 1.165) is 43.3 Å². The number of hydrogen-bond acceptors (Lipinski definition) is 5. The first-order valence-corrected chi connectivity index (χ1v) is 13.2. The van der Waals surface area contributed by atoms with Crippen molar-refractivity contribution in [2.75, 3.05) is 44.7 Å². The fourth-order valence-electron chi connectivity index (χ4n) is 2.52. The number of nitrogens with zero attached hydrogens (tertiary/aromatic N) is 2. The highest BCUT2D eigenvalue weighted by molar-refractivity contribution is 14.0. The first-order valence-electron chi connectivity index (χ1n) is 9.59. The molecule has 0 bridgehead atoms. The van der Waals surface area contributed by atoms with Crippen LogP contribution in [0.5, 0.6) is 0 Å². The molecule has 2 N–H and O–H groups in total. The van der Waals surface area contributed by atoms with Gasteiger partial charge < -0.3 is 10.6 Å². The molecule has 0 spiro atoms. The molecule has 0 aliphatic carbocycles. The number of unbranched alkanes of at least 4 members (excludes halogenated alkanes) is 1. The molecule has 0 atom stereocenters. The Labute approximate surface area is 196 Å². The summed E-state index contributed by atoms with van der Waals surface area (Å²) in [7, 11) is -3.36. The lowest BCUT2D eigenvalue weighted by Gasteiger charge is -2.16. The summed E-state index contributed by atoms with van der Waals surface area (Å²) >= 11 is 3.22. The van der Waals surface area contributed by atoms with E-state index in [2.05, 4.69) is 28.8 Å². The van der Waals surface area contributed by atoms with Gasteiger partial charge in [-0.15, -0.1) is 35.3 Å². The van der Waals surface area contributed by atoms with Crippen LogP contribution in [0.25, 0.3) is 0 Å². The maximum absolute atomic E-state index is 12.6. The highest BCUT2D eigenvalue weighted by atomic mass is 127. The van der Waals surface area contributed by atoms with Gasteiger partial charge in [-0.2, -0.15) is 16.1 Å². The van der Waals surface area contributed by atoms with Crippen LogP contribution in [-0.2, 0) is 16.4 Å². The lowest BCUT2D eigenvalue weighted by atomic mass is 10.3. The Kier molecular flexibility index (Phi) is 15.7. The second-order valence-corrected chi connectivity index (χ2v) is 10.3. The minimum absolute atomic E-state index is 0. The average Bonchev–Trinajstić information content (AvgIpc) is 3.12. The zero-order valence-electron chi connectivity index (χ0n) is 17.4. The van der Waals surface area contributed by atoms with Crippen LogP contribution in [0.3, 0.4) is 0 Å². The summed E-state index contributed by atoms with van der Waals surface area (Å²) in [4.78, 5) is 5.65. The third-order valence-electron chi connectivity index (χ3n) is 3.97. The Hall–Kier alpha value is -0.0400. The predicted molar refractivity (Wildman–Crippen MR) is 135 cm³/mol. The van der Waals surface area contributed by atoms with Crippen LogP contribution in [-0.4, -0.2) is 63.4 Å². The van der Waals surface area contributed by atoms with Crippen molar-refractivity contribution in [2.45, 2.75) is 44.2 Å². The Morgan fingerprint density at radius 1 is 1.18 bits per heavy atom. The molecule has 10 heteroatoms. The van der Waals surface area contributed by atoms with Gasteiger partial charge in [-0.3, -0.25) is 4.99 Å². The molecule has 0 saturated carbocycles. The number of guanidine groups is 1. The number of hydrogen-bond donors (Lipinski definition) is 2. The third kappa shape index (κ3) is 9.64. The lowest BCUT2D eigenvalue weighted by Crippen LogP contribution is -2.38. The van der Waals surface area contributed by atoms with E-state index in [1.165, 1.54) is 27.8 Å². The SMILES string of the molecule is CCNC(=NCCCCSC)NCCc1ccc(S(=O)(=O)N(CC)CC)s1.I. The van der Waals surface area contributed by atoms with Gasteiger partial charge in [0, 0.05) is 37.6 Å². The third-order valence-corrected chi connectivity index (χ3v) is 8.33. The minimum Gasteiger partial charge on any atom is -0.357 e. The average molecular weight is 563 g/mol. The molecule has 1 heterocycles. The second kappa shape index (κ2) is 15.8. The van der Waals surface area contributed by atoms with Crippen molar-refractivity contribution in [3.05, 3.63) is 17.0 Å². The van der Waals surface area contributed by atoms with Crippen LogP contribution in [0, 0.1) is 0 Å². The number of thiophene rings is 1. The van der Waals surface area contributed by atoms with Crippen LogP contribution in [0.2, 0.25) is 0 Å². The molecule has 0 fully saturated rings. The molecule has 6 nitrogen and oxygen atoms in total. The normalized spacial score (nSPS) is 12.1. The number of halogens is 1. The predicted octanol–water partition coefficient (Wildman–Crippen LogP) is 3.64. The number of nitrogens with one attached hydrogen (secondary N) is 2. The maximum Gasteiger partial charge on any atom is 0.252 e. The van der Waals surface area contributed by atoms with Crippen molar-refractivity contribution < 1.29 is 8.42 Å². The molecule has 1 aromatic rings. The van der Waals surface area contributed by atoms with Gasteiger partial charge in [-0.05, 0) is 50.3 Å². The quantitative estimate of drug-likeness (QED) is 0.166. The molecule has 0 aromatic carbocycles. The van der Waals surface area contributed by atoms with Crippen LogP contribution in [0.15, 0.2) is 21.3 Å². The molecule has 0 saturated heterocycles. The van der Waals surface area contributed by atoms with Gasteiger partial charge in [-0.1, -0.05) is 13.8 Å². The molecular formula is C18H35IN4O2S3. The van der Waals surface area contributed by atoms with Crippen LogP contribution >= 0.6 is 47.1 Å². The highest BCUT2D eigenvalue weighted by Crippen LogP contribution is 2.25. The van der Waals surface area contributed by atoms with Crippen molar-refractivity contribution in [3.63, 3.8) is 0 Å². The molecule has 0 aliphatic heterocycles. The van der Waals surface area contributed by atoms with Gasteiger partial charge >= 0.3 is 0 Å². The van der Waals surface area contributed by atoms with Crippen molar-refractivity contribution >= 4 is 63.1 Å². The van der Waals surface area contributed by atoms with Gasteiger partial charge in [0.25, 0.3) is 10.0 Å². The van der Waals surface area contributed by atoms with Crippen molar-refractivity contribution in [3.8, 4) is 0 Å². The minimum atomic E-state index is -3.36. The largest absolute Gasteiger partial charge is 0.357 e. The van der Waals surface area contributed by atoms with E-state index >= 15 is 0 Å². The first kappa shape index (κ1) is 28.0. The molecular weight excluding hydrogens is 527 g/mol. The summed E-state index contributed by atoms with van der Waals surface area (Å²) in [6.07, 6.45) is 5.17. The molecule has 0 unspecified atom stereocenters. The number of thioether (sulfide) groups is 1. The monoisotopic (exact) mass is 562 g/mol. The standard InChI is InChI=1S/C18H34N4O2S3.HI/c1-5-19-18(20-13-8-9-15-25-4)21-14-12-16-10-11-17(26-16)27(23,24)22(6-2)7-3;/h10-11H,5-9,12-15H2,1-4H3,(H2,19,20,21);1H. The Morgan fingerprint density at radius 3 is 2.50 bits per heavy atom. The maximum atomic E-state index is 12.6. The topological polar surface area (TPSA) is 73.8 Å². The Bertz CT molecular complexity index is 662. The Balaban J connectivity index is 0.00000729. The second-order valence-electron chi connectivity index (χ2n) is 5.95. The summed E-state index contributed by atoms with van der Waals surface area (Å²) in [5, 5.41) is 6.59. The van der Waals surface area contributed by atoms with E-state index in [-0.39, 0.29) is 24.0 Å². The van der Waals surface area contributed by atoms with Gasteiger partial charge in [0.2, 0.25) is 0 Å². The van der Waals surface area contributed by atoms with E-state index in [1.54, 1.807) is 6.07 Å². The van der Waals surface area contributed by atoms with Gasteiger partial charge in [0.15, 0.2) is 5.96 Å². The van der Waals surface area contributed by atoms with Crippen LogP contribution < -0.4 is 10.6 Å². The smallest absolute Gasteiger partial charge is 0.252 e. The van der Waals surface area contributed by atoms with Crippen LogP contribution in [0.4, 0.5) is 0 Å².